The maximum atomic E-state index is 12.3. The average Bonchev–Trinajstić information content (AvgIpc) is 2.64. The summed E-state index contributed by atoms with van der Waals surface area (Å²) in [6.45, 7) is 0. The van der Waals surface area contributed by atoms with Gasteiger partial charge in [-0.2, -0.15) is 0 Å². The molecule has 5 heteroatoms. The molecule has 0 saturated heterocycles. The third kappa shape index (κ3) is 3.86. The standard InChI is InChI=1S/C19H13IN2O2/c20-17-9-5-4-8-16(17)19(23)24-22-18(14-6-2-1-3-7-14)15-10-12-21-13-11-15/h1-13H/b22-18+. The Morgan fingerprint density at radius 3 is 2.21 bits per heavy atom. The van der Waals surface area contributed by atoms with E-state index < -0.39 is 5.97 Å². The normalized spacial score (nSPS) is 11.1. The van der Waals surface area contributed by atoms with Crippen LogP contribution in [0.15, 0.2) is 84.3 Å². The van der Waals surface area contributed by atoms with Gasteiger partial charge in [-0.05, 0) is 46.9 Å². The van der Waals surface area contributed by atoms with Gasteiger partial charge in [-0.1, -0.05) is 47.6 Å². The average molecular weight is 428 g/mol. The topological polar surface area (TPSA) is 51.5 Å². The van der Waals surface area contributed by atoms with E-state index in [-0.39, 0.29) is 0 Å². The Balaban J connectivity index is 1.93. The molecule has 1 aromatic heterocycles. The fourth-order valence-corrected chi connectivity index (χ4v) is 2.75. The summed E-state index contributed by atoms with van der Waals surface area (Å²) >= 11 is 2.10. The summed E-state index contributed by atoms with van der Waals surface area (Å²) in [5, 5.41) is 4.12. The van der Waals surface area contributed by atoms with Gasteiger partial charge in [0.05, 0.1) is 5.56 Å². The quantitative estimate of drug-likeness (QED) is 0.270. The van der Waals surface area contributed by atoms with Gasteiger partial charge in [-0.3, -0.25) is 4.98 Å². The highest BCUT2D eigenvalue weighted by atomic mass is 127. The molecule has 0 radical (unpaired) electrons. The number of oxime groups is 1. The fraction of sp³-hybridized carbons (Fsp3) is 0. The van der Waals surface area contributed by atoms with Crippen LogP contribution < -0.4 is 0 Å². The van der Waals surface area contributed by atoms with Gasteiger partial charge in [0, 0.05) is 27.1 Å². The van der Waals surface area contributed by atoms with Crippen LogP contribution >= 0.6 is 22.6 Å². The molecule has 4 nitrogen and oxygen atoms in total. The van der Waals surface area contributed by atoms with Gasteiger partial charge in [0.1, 0.15) is 5.71 Å². The lowest BCUT2D eigenvalue weighted by Gasteiger charge is -2.07. The summed E-state index contributed by atoms with van der Waals surface area (Å²) < 4.78 is 0.820. The highest BCUT2D eigenvalue weighted by Crippen LogP contribution is 2.15. The molecule has 0 aliphatic carbocycles. The molecule has 2 aromatic carbocycles. The molecule has 1 heterocycles. The minimum Gasteiger partial charge on any atom is -0.312 e. The molecular formula is C19H13IN2O2. The van der Waals surface area contributed by atoms with E-state index in [0.29, 0.717) is 11.3 Å². The van der Waals surface area contributed by atoms with Crippen molar-refractivity contribution in [1.29, 1.82) is 0 Å². The molecule has 0 fully saturated rings. The Bertz CT molecular complexity index is 823. The van der Waals surface area contributed by atoms with E-state index in [0.717, 1.165) is 14.7 Å². The van der Waals surface area contributed by atoms with Crippen LogP contribution in [0.2, 0.25) is 0 Å². The second-order valence-electron chi connectivity index (χ2n) is 4.90. The summed E-state index contributed by atoms with van der Waals surface area (Å²) in [7, 11) is 0. The highest BCUT2D eigenvalue weighted by Gasteiger charge is 2.13. The van der Waals surface area contributed by atoms with Crippen LogP contribution in [-0.4, -0.2) is 16.7 Å². The number of benzene rings is 2. The first-order valence-corrected chi connectivity index (χ1v) is 8.33. The van der Waals surface area contributed by atoms with Gasteiger partial charge in [0.2, 0.25) is 0 Å². The highest BCUT2D eigenvalue weighted by molar-refractivity contribution is 14.1. The number of aromatic nitrogens is 1. The predicted octanol–water partition coefficient (Wildman–Crippen LogP) is 4.30. The number of rotatable bonds is 4. The largest absolute Gasteiger partial charge is 0.366 e. The number of carbonyl (C=O) groups excluding carboxylic acids is 1. The molecule has 0 amide bonds. The van der Waals surface area contributed by atoms with Gasteiger partial charge in [-0.25, -0.2) is 4.79 Å². The number of pyridine rings is 1. The molecule has 0 spiro atoms. The first-order valence-electron chi connectivity index (χ1n) is 7.25. The van der Waals surface area contributed by atoms with E-state index in [2.05, 4.69) is 32.7 Å². The van der Waals surface area contributed by atoms with Gasteiger partial charge < -0.3 is 4.84 Å². The van der Waals surface area contributed by atoms with Crippen LogP contribution in [0.5, 0.6) is 0 Å². The Hall–Kier alpha value is -2.54. The minimum absolute atomic E-state index is 0.484. The molecule has 0 unspecified atom stereocenters. The lowest BCUT2D eigenvalue weighted by atomic mass is 10.0. The first-order chi connectivity index (χ1) is 11.8. The lowest BCUT2D eigenvalue weighted by molar-refractivity contribution is 0.0516. The summed E-state index contributed by atoms with van der Waals surface area (Å²) in [6, 6.07) is 20.5. The van der Waals surface area contributed by atoms with Crippen molar-refractivity contribution in [2.24, 2.45) is 5.16 Å². The van der Waals surface area contributed by atoms with E-state index in [1.54, 1.807) is 24.5 Å². The van der Waals surface area contributed by atoms with E-state index in [1.165, 1.54) is 0 Å². The Morgan fingerprint density at radius 2 is 1.50 bits per heavy atom. The van der Waals surface area contributed by atoms with Crippen LogP contribution in [0.3, 0.4) is 0 Å². The second kappa shape index (κ2) is 7.83. The van der Waals surface area contributed by atoms with Crippen LogP contribution in [0.1, 0.15) is 21.5 Å². The molecule has 0 bridgehead atoms. The van der Waals surface area contributed by atoms with Gasteiger partial charge >= 0.3 is 5.97 Å². The molecule has 3 aromatic rings. The third-order valence-electron chi connectivity index (χ3n) is 3.31. The van der Waals surface area contributed by atoms with Crippen LogP contribution in [-0.2, 0) is 4.84 Å². The van der Waals surface area contributed by atoms with Crippen molar-refractivity contribution in [2.45, 2.75) is 0 Å². The van der Waals surface area contributed by atoms with E-state index in [1.807, 2.05) is 54.6 Å². The lowest BCUT2D eigenvalue weighted by Crippen LogP contribution is -2.08. The van der Waals surface area contributed by atoms with E-state index in [4.69, 9.17) is 4.84 Å². The maximum Gasteiger partial charge on any atom is 0.366 e. The summed E-state index contributed by atoms with van der Waals surface area (Å²) in [5.74, 6) is -0.484. The van der Waals surface area contributed by atoms with Crippen molar-refractivity contribution < 1.29 is 9.63 Å². The number of nitrogens with zero attached hydrogens (tertiary/aromatic N) is 2. The summed E-state index contributed by atoms with van der Waals surface area (Å²) in [6.07, 6.45) is 3.35. The van der Waals surface area contributed by atoms with Crippen LogP contribution in [0.25, 0.3) is 0 Å². The van der Waals surface area contributed by atoms with Crippen LogP contribution in [0.4, 0.5) is 0 Å². The number of halogens is 1. The van der Waals surface area contributed by atoms with Crippen molar-refractivity contribution in [3.63, 3.8) is 0 Å². The SMILES string of the molecule is O=C(O/N=C(\c1ccccc1)c1ccncc1)c1ccccc1I. The third-order valence-corrected chi connectivity index (χ3v) is 4.26. The van der Waals surface area contributed by atoms with Crippen molar-refractivity contribution in [3.05, 3.63) is 99.4 Å². The van der Waals surface area contributed by atoms with Crippen LogP contribution in [0, 0.1) is 3.57 Å². The number of hydrogen-bond donors (Lipinski definition) is 0. The van der Waals surface area contributed by atoms with Crippen molar-refractivity contribution in [1.82, 2.24) is 4.98 Å². The van der Waals surface area contributed by atoms with E-state index in [9.17, 15) is 4.79 Å². The smallest absolute Gasteiger partial charge is 0.312 e. The molecule has 0 N–H and O–H groups in total. The van der Waals surface area contributed by atoms with Crippen molar-refractivity contribution in [3.8, 4) is 0 Å². The minimum atomic E-state index is -0.484. The molecular weight excluding hydrogens is 415 g/mol. The van der Waals surface area contributed by atoms with Crippen molar-refractivity contribution >= 4 is 34.3 Å². The zero-order valence-corrected chi connectivity index (χ0v) is 14.8. The summed E-state index contributed by atoms with van der Waals surface area (Å²) in [5.41, 5.74) is 2.76. The first kappa shape index (κ1) is 16.3. The zero-order chi connectivity index (χ0) is 16.8. The molecule has 0 aliphatic heterocycles. The van der Waals surface area contributed by atoms with Gasteiger partial charge in [-0.15, -0.1) is 0 Å². The summed E-state index contributed by atoms with van der Waals surface area (Å²) in [4.78, 5) is 21.5. The molecule has 3 rings (SSSR count). The molecule has 0 saturated carbocycles. The molecule has 24 heavy (non-hydrogen) atoms. The Kier molecular flexibility index (Phi) is 5.32. The molecule has 118 valence electrons. The van der Waals surface area contributed by atoms with Gasteiger partial charge in [0.15, 0.2) is 0 Å². The fourth-order valence-electron chi connectivity index (χ4n) is 2.14. The Morgan fingerprint density at radius 1 is 0.875 bits per heavy atom. The monoisotopic (exact) mass is 428 g/mol. The number of carbonyl (C=O) groups is 1. The zero-order valence-electron chi connectivity index (χ0n) is 12.6. The predicted molar refractivity (Wildman–Crippen MR) is 101 cm³/mol. The molecule has 0 aliphatic rings. The van der Waals surface area contributed by atoms with Crippen molar-refractivity contribution in [2.75, 3.05) is 0 Å². The number of hydrogen-bond acceptors (Lipinski definition) is 4. The second-order valence-corrected chi connectivity index (χ2v) is 6.06. The van der Waals surface area contributed by atoms with Gasteiger partial charge in [0.25, 0.3) is 0 Å². The van der Waals surface area contributed by atoms with E-state index >= 15 is 0 Å². The maximum absolute atomic E-state index is 12.3. The molecule has 0 atom stereocenters. The Labute approximate surface area is 153 Å².